The van der Waals surface area contributed by atoms with Gasteiger partial charge in [-0.1, -0.05) is 42.1 Å². The van der Waals surface area contributed by atoms with E-state index >= 15 is 0 Å². The molecule has 2 aromatic heterocycles. The number of benzene rings is 1. The number of nitriles is 1. The minimum Gasteiger partial charge on any atom is -0.316 e. The SMILES string of the molecule is N#Cc1c(NC(=O)CSc2ncccn2)sc2c1CC[C@H](c1ccccc1)C2. The lowest BCUT2D eigenvalue weighted by Gasteiger charge is -2.22. The van der Waals surface area contributed by atoms with Crippen molar-refractivity contribution in [3.63, 3.8) is 0 Å². The van der Waals surface area contributed by atoms with E-state index in [1.807, 2.05) is 6.07 Å². The van der Waals surface area contributed by atoms with E-state index in [-0.39, 0.29) is 11.7 Å². The first kappa shape index (κ1) is 18.7. The number of hydrogen-bond donors (Lipinski definition) is 1. The number of hydrogen-bond acceptors (Lipinski definition) is 6. The van der Waals surface area contributed by atoms with Crippen LogP contribution in [0.15, 0.2) is 53.9 Å². The Morgan fingerprint density at radius 1 is 1.25 bits per heavy atom. The number of fused-ring (bicyclic) bond motifs is 1. The average molecular weight is 407 g/mol. The summed E-state index contributed by atoms with van der Waals surface area (Å²) in [6.07, 6.45) is 6.12. The number of carbonyl (C=O) groups is 1. The largest absolute Gasteiger partial charge is 0.316 e. The molecular weight excluding hydrogens is 388 g/mol. The second-order valence-corrected chi connectivity index (χ2v) is 8.59. The summed E-state index contributed by atoms with van der Waals surface area (Å²) in [6, 6.07) is 14.5. The summed E-state index contributed by atoms with van der Waals surface area (Å²) in [5, 5.41) is 13.8. The zero-order chi connectivity index (χ0) is 19.3. The highest BCUT2D eigenvalue weighted by Gasteiger charge is 2.27. The van der Waals surface area contributed by atoms with Crippen molar-refractivity contribution in [1.82, 2.24) is 9.97 Å². The standard InChI is InChI=1S/C21H18N4OS2/c22-12-17-16-8-7-15(14-5-2-1-3-6-14)11-18(16)28-20(17)25-19(26)13-27-21-23-9-4-10-24-21/h1-6,9-10,15H,7-8,11,13H2,(H,25,26)/t15-/m0/s1. The Labute approximate surface area is 171 Å². The molecule has 3 aromatic rings. The minimum absolute atomic E-state index is 0.146. The van der Waals surface area contributed by atoms with Gasteiger partial charge >= 0.3 is 0 Å². The molecule has 0 radical (unpaired) electrons. The van der Waals surface area contributed by atoms with Crippen molar-refractivity contribution in [3.05, 3.63) is 70.4 Å². The van der Waals surface area contributed by atoms with Gasteiger partial charge < -0.3 is 5.32 Å². The molecule has 1 atom stereocenters. The monoisotopic (exact) mass is 406 g/mol. The van der Waals surface area contributed by atoms with Crippen molar-refractivity contribution in [2.75, 3.05) is 11.1 Å². The Morgan fingerprint density at radius 3 is 2.79 bits per heavy atom. The molecule has 0 saturated carbocycles. The predicted molar refractivity (Wildman–Crippen MR) is 112 cm³/mol. The van der Waals surface area contributed by atoms with E-state index in [0.29, 0.717) is 21.6 Å². The molecule has 7 heteroatoms. The van der Waals surface area contributed by atoms with Crippen molar-refractivity contribution in [2.24, 2.45) is 0 Å². The molecule has 1 aliphatic rings. The summed E-state index contributed by atoms with van der Waals surface area (Å²) < 4.78 is 0. The van der Waals surface area contributed by atoms with E-state index in [1.54, 1.807) is 18.5 Å². The van der Waals surface area contributed by atoms with Gasteiger partial charge in [-0.25, -0.2) is 9.97 Å². The lowest BCUT2D eigenvalue weighted by atomic mass is 9.83. The Morgan fingerprint density at radius 2 is 2.04 bits per heavy atom. The van der Waals surface area contributed by atoms with Gasteiger partial charge in [0.25, 0.3) is 0 Å². The van der Waals surface area contributed by atoms with Gasteiger partial charge in [-0.2, -0.15) is 5.26 Å². The van der Waals surface area contributed by atoms with Crippen LogP contribution < -0.4 is 5.32 Å². The molecule has 0 fully saturated rings. The molecule has 0 unspecified atom stereocenters. The van der Waals surface area contributed by atoms with Gasteiger partial charge in [0, 0.05) is 17.3 Å². The molecule has 0 bridgehead atoms. The van der Waals surface area contributed by atoms with E-state index in [9.17, 15) is 10.1 Å². The average Bonchev–Trinajstić information content (AvgIpc) is 3.09. The third kappa shape index (κ3) is 4.08. The molecule has 1 aliphatic carbocycles. The quantitative estimate of drug-likeness (QED) is 0.501. The van der Waals surface area contributed by atoms with Gasteiger partial charge in [-0.15, -0.1) is 11.3 Å². The zero-order valence-electron chi connectivity index (χ0n) is 15.1. The first-order chi connectivity index (χ1) is 13.7. The van der Waals surface area contributed by atoms with Gasteiger partial charge in [0.2, 0.25) is 5.91 Å². The van der Waals surface area contributed by atoms with Crippen LogP contribution in [0.5, 0.6) is 0 Å². The maximum atomic E-state index is 12.4. The molecular formula is C21H18N4OS2. The summed E-state index contributed by atoms with van der Waals surface area (Å²) in [4.78, 5) is 21.8. The van der Waals surface area contributed by atoms with E-state index in [2.05, 4.69) is 45.6 Å². The second-order valence-electron chi connectivity index (χ2n) is 6.54. The van der Waals surface area contributed by atoms with Crippen LogP contribution in [0.25, 0.3) is 0 Å². The van der Waals surface area contributed by atoms with Crippen LogP contribution in [0.2, 0.25) is 0 Å². The Kier molecular flexibility index (Phi) is 5.70. The van der Waals surface area contributed by atoms with Gasteiger partial charge in [0.15, 0.2) is 5.16 Å². The lowest BCUT2D eigenvalue weighted by molar-refractivity contribution is -0.113. The lowest BCUT2D eigenvalue weighted by Crippen LogP contribution is -2.14. The Balaban J connectivity index is 1.46. The molecule has 0 spiro atoms. The van der Waals surface area contributed by atoms with E-state index in [1.165, 1.54) is 33.5 Å². The molecule has 5 nitrogen and oxygen atoms in total. The van der Waals surface area contributed by atoms with Crippen LogP contribution in [0.4, 0.5) is 5.00 Å². The molecule has 140 valence electrons. The van der Waals surface area contributed by atoms with E-state index < -0.39 is 0 Å². The van der Waals surface area contributed by atoms with Gasteiger partial charge in [0.1, 0.15) is 11.1 Å². The fourth-order valence-electron chi connectivity index (χ4n) is 3.45. The Hall–Kier alpha value is -2.69. The number of anilines is 1. The highest BCUT2D eigenvalue weighted by Crippen LogP contribution is 2.42. The van der Waals surface area contributed by atoms with E-state index in [0.717, 1.165) is 24.8 Å². The second kappa shape index (κ2) is 8.55. The number of nitrogens with one attached hydrogen (secondary N) is 1. The molecule has 1 amide bonds. The summed E-state index contributed by atoms with van der Waals surface area (Å²) in [5.74, 6) is 0.532. The van der Waals surface area contributed by atoms with Crippen LogP contribution in [0, 0.1) is 11.3 Å². The summed E-state index contributed by atoms with van der Waals surface area (Å²) >= 11 is 2.82. The zero-order valence-corrected chi connectivity index (χ0v) is 16.7. The van der Waals surface area contributed by atoms with E-state index in [4.69, 9.17) is 0 Å². The topological polar surface area (TPSA) is 78.7 Å². The number of thiophene rings is 1. The van der Waals surface area contributed by atoms with Crippen molar-refractivity contribution in [2.45, 2.75) is 30.3 Å². The highest BCUT2D eigenvalue weighted by atomic mass is 32.2. The van der Waals surface area contributed by atoms with Gasteiger partial charge in [-0.05, 0) is 42.4 Å². The fourth-order valence-corrected chi connectivity index (χ4v) is 5.35. The minimum atomic E-state index is -0.146. The normalized spacial score (nSPS) is 15.5. The third-order valence-corrected chi connectivity index (χ3v) is 6.82. The molecule has 1 N–H and O–H groups in total. The maximum absolute atomic E-state index is 12.4. The van der Waals surface area contributed by atoms with Gasteiger partial charge in [0.05, 0.1) is 11.3 Å². The molecule has 28 heavy (non-hydrogen) atoms. The number of amides is 1. The van der Waals surface area contributed by atoms with Crippen molar-refractivity contribution in [3.8, 4) is 6.07 Å². The van der Waals surface area contributed by atoms with Crippen molar-refractivity contribution < 1.29 is 4.79 Å². The Bertz CT molecular complexity index is 1010. The predicted octanol–water partition coefficient (Wildman–Crippen LogP) is 4.41. The number of rotatable bonds is 5. The summed E-state index contributed by atoms with van der Waals surface area (Å²) in [5.41, 5.74) is 3.07. The van der Waals surface area contributed by atoms with Crippen LogP contribution in [0.3, 0.4) is 0 Å². The smallest absolute Gasteiger partial charge is 0.235 e. The number of aromatic nitrogens is 2. The molecule has 2 heterocycles. The first-order valence-corrected chi connectivity index (χ1v) is 10.8. The van der Waals surface area contributed by atoms with Crippen LogP contribution in [0.1, 0.15) is 33.9 Å². The van der Waals surface area contributed by atoms with Crippen LogP contribution >= 0.6 is 23.1 Å². The van der Waals surface area contributed by atoms with Crippen molar-refractivity contribution in [1.29, 1.82) is 5.26 Å². The molecule has 4 rings (SSSR count). The van der Waals surface area contributed by atoms with Crippen LogP contribution in [-0.4, -0.2) is 21.6 Å². The highest BCUT2D eigenvalue weighted by molar-refractivity contribution is 7.99. The fraction of sp³-hybridized carbons (Fsp3) is 0.238. The van der Waals surface area contributed by atoms with Crippen LogP contribution in [-0.2, 0) is 17.6 Å². The van der Waals surface area contributed by atoms with Gasteiger partial charge in [-0.3, -0.25) is 4.79 Å². The molecule has 0 saturated heterocycles. The number of carbonyl (C=O) groups excluding carboxylic acids is 1. The maximum Gasteiger partial charge on any atom is 0.235 e. The van der Waals surface area contributed by atoms with Crippen molar-refractivity contribution >= 4 is 34.0 Å². The first-order valence-electron chi connectivity index (χ1n) is 9.04. The molecule has 0 aliphatic heterocycles. The third-order valence-electron chi connectivity index (χ3n) is 4.78. The number of thioether (sulfide) groups is 1. The molecule has 1 aromatic carbocycles. The summed E-state index contributed by atoms with van der Waals surface area (Å²) in [7, 11) is 0. The summed E-state index contributed by atoms with van der Waals surface area (Å²) in [6.45, 7) is 0. The number of nitrogens with zero attached hydrogens (tertiary/aromatic N) is 3.